The van der Waals surface area contributed by atoms with Crippen LogP contribution < -0.4 is 16.6 Å². The fourth-order valence-electron chi connectivity index (χ4n) is 1.78. The van der Waals surface area contributed by atoms with E-state index in [-0.39, 0.29) is 11.9 Å². The summed E-state index contributed by atoms with van der Waals surface area (Å²) in [6.07, 6.45) is 3.93. The number of hydrogen-bond donors (Lipinski definition) is 3. The number of hydrogen-bond acceptors (Lipinski definition) is 5. The lowest BCUT2D eigenvalue weighted by Gasteiger charge is -2.14. The second-order valence-electron chi connectivity index (χ2n) is 4.31. The standard InChI is InChI=1S/C13H16FN5/c1-9(6-10-2-4-11(14)5-3-10)17-12-7-16-8-13(18-12)19-15/h2-5,7-9H,6,15H2,1H3,(H2,17,18,19). The van der Waals surface area contributed by atoms with E-state index in [9.17, 15) is 4.39 Å². The predicted octanol–water partition coefficient (Wildman–Crippen LogP) is 1.94. The highest BCUT2D eigenvalue weighted by Crippen LogP contribution is 2.10. The molecule has 1 unspecified atom stereocenters. The third kappa shape index (κ3) is 3.89. The van der Waals surface area contributed by atoms with E-state index in [1.807, 2.05) is 6.92 Å². The smallest absolute Gasteiger partial charge is 0.160 e. The number of aromatic nitrogens is 2. The molecule has 100 valence electrons. The zero-order valence-corrected chi connectivity index (χ0v) is 10.6. The van der Waals surface area contributed by atoms with Crippen molar-refractivity contribution in [3.05, 3.63) is 48.0 Å². The molecule has 6 heteroatoms. The van der Waals surface area contributed by atoms with Gasteiger partial charge in [-0.15, -0.1) is 0 Å². The minimum atomic E-state index is -0.225. The highest BCUT2D eigenvalue weighted by molar-refractivity contribution is 5.41. The molecule has 0 saturated heterocycles. The van der Waals surface area contributed by atoms with Crippen LogP contribution in [0.1, 0.15) is 12.5 Å². The lowest BCUT2D eigenvalue weighted by Crippen LogP contribution is -2.19. The normalized spacial score (nSPS) is 11.9. The molecule has 0 bridgehead atoms. The average molecular weight is 261 g/mol. The fourth-order valence-corrected chi connectivity index (χ4v) is 1.78. The van der Waals surface area contributed by atoms with E-state index in [0.717, 1.165) is 12.0 Å². The van der Waals surface area contributed by atoms with E-state index in [4.69, 9.17) is 5.84 Å². The molecule has 0 aliphatic carbocycles. The SMILES string of the molecule is CC(Cc1ccc(F)cc1)Nc1cncc(NN)n1. The summed E-state index contributed by atoms with van der Waals surface area (Å²) in [5.74, 6) is 6.19. The van der Waals surface area contributed by atoms with Crippen LogP contribution in [-0.4, -0.2) is 16.0 Å². The molecule has 0 saturated carbocycles. The molecule has 0 radical (unpaired) electrons. The number of hydrazine groups is 1. The molecule has 0 amide bonds. The third-order valence-electron chi connectivity index (χ3n) is 2.63. The van der Waals surface area contributed by atoms with Gasteiger partial charge in [0.25, 0.3) is 0 Å². The van der Waals surface area contributed by atoms with Crippen molar-refractivity contribution in [1.82, 2.24) is 9.97 Å². The van der Waals surface area contributed by atoms with Gasteiger partial charge in [0, 0.05) is 6.04 Å². The van der Waals surface area contributed by atoms with Gasteiger partial charge in [-0.1, -0.05) is 12.1 Å². The van der Waals surface area contributed by atoms with Crippen LogP contribution in [0.3, 0.4) is 0 Å². The van der Waals surface area contributed by atoms with Gasteiger partial charge in [-0.3, -0.25) is 4.98 Å². The van der Waals surface area contributed by atoms with Crippen molar-refractivity contribution in [1.29, 1.82) is 0 Å². The lowest BCUT2D eigenvalue weighted by atomic mass is 10.1. The zero-order chi connectivity index (χ0) is 13.7. The predicted molar refractivity (Wildman–Crippen MR) is 73.0 cm³/mol. The molecular formula is C13H16FN5. The maximum atomic E-state index is 12.8. The van der Waals surface area contributed by atoms with Gasteiger partial charge in [-0.05, 0) is 31.0 Å². The van der Waals surface area contributed by atoms with E-state index in [0.29, 0.717) is 11.6 Å². The summed E-state index contributed by atoms with van der Waals surface area (Å²) >= 11 is 0. The topological polar surface area (TPSA) is 75.9 Å². The van der Waals surface area contributed by atoms with E-state index < -0.39 is 0 Å². The van der Waals surface area contributed by atoms with Gasteiger partial charge in [-0.2, -0.15) is 0 Å². The van der Waals surface area contributed by atoms with E-state index in [1.54, 1.807) is 18.3 Å². The highest BCUT2D eigenvalue weighted by atomic mass is 19.1. The van der Waals surface area contributed by atoms with Crippen LogP contribution in [0.5, 0.6) is 0 Å². The maximum Gasteiger partial charge on any atom is 0.160 e. The van der Waals surface area contributed by atoms with Crippen LogP contribution in [0.2, 0.25) is 0 Å². The number of benzene rings is 1. The summed E-state index contributed by atoms with van der Waals surface area (Å²) < 4.78 is 12.8. The van der Waals surface area contributed by atoms with Gasteiger partial charge in [0.1, 0.15) is 11.6 Å². The quantitative estimate of drug-likeness (QED) is 0.566. The number of halogens is 1. The van der Waals surface area contributed by atoms with Crippen LogP contribution in [0.25, 0.3) is 0 Å². The molecule has 0 aliphatic heterocycles. The van der Waals surface area contributed by atoms with Crippen molar-refractivity contribution in [3.8, 4) is 0 Å². The first-order valence-corrected chi connectivity index (χ1v) is 5.97. The second kappa shape index (κ2) is 6.10. The van der Waals surface area contributed by atoms with E-state index in [2.05, 4.69) is 20.7 Å². The molecule has 1 heterocycles. The summed E-state index contributed by atoms with van der Waals surface area (Å²) in [5, 5.41) is 3.22. The summed E-state index contributed by atoms with van der Waals surface area (Å²) in [6.45, 7) is 2.02. The molecule has 2 aromatic rings. The molecular weight excluding hydrogens is 245 g/mol. The minimum absolute atomic E-state index is 0.146. The monoisotopic (exact) mass is 261 g/mol. The molecule has 0 fully saturated rings. The Bertz CT molecular complexity index is 529. The first kappa shape index (κ1) is 13.2. The highest BCUT2D eigenvalue weighted by Gasteiger charge is 2.05. The molecule has 4 N–H and O–H groups in total. The van der Waals surface area contributed by atoms with Crippen LogP contribution in [0, 0.1) is 5.82 Å². The van der Waals surface area contributed by atoms with Gasteiger partial charge in [-0.25, -0.2) is 15.2 Å². The Morgan fingerprint density at radius 3 is 2.58 bits per heavy atom. The Kier molecular flexibility index (Phi) is 4.25. The van der Waals surface area contributed by atoms with Crippen LogP contribution in [0.4, 0.5) is 16.0 Å². The Morgan fingerprint density at radius 1 is 1.21 bits per heavy atom. The van der Waals surface area contributed by atoms with Crippen molar-refractivity contribution in [2.24, 2.45) is 5.84 Å². The third-order valence-corrected chi connectivity index (χ3v) is 2.63. The first-order chi connectivity index (χ1) is 9.17. The number of nitrogens with zero attached hydrogens (tertiary/aromatic N) is 2. The average Bonchev–Trinajstić information content (AvgIpc) is 2.41. The Labute approximate surface area is 111 Å². The number of nitrogen functional groups attached to an aromatic ring is 1. The van der Waals surface area contributed by atoms with Gasteiger partial charge >= 0.3 is 0 Å². The molecule has 0 spiro atoms. The van der Waals surface area contributed by atoms with Crippen molar-refractivity contribution < 1.29 is 4.39 Å². The molecule has 2 rings (SSSR count). The lowest BCUT2D eigenvalue weighted by molar-refractivity contribution is 0.626. The van der Waals surface area contributed by atoms with Crippen LogP contribution in [-0.2, 0) is 6.42 Å². The summed E-state index contributed by atoms with van der Waals surface area (Å²) in [6, 6.07) is 6.61. The summed E-state index contributed by atoms with van der Waals surface area (Å²) in [5.41, 5.74) is 3.50. The molecule has 1 aromatic heterocycles. The second-order valence-corrected chi connectivity index (χ2v) is 4.31. The first-order valence-electron chi connectivity index (χ1n) is 5.97. The number of rotatable bonds is 5. The number of nitrogens with two attached hydrogens (primary N) is 1. The minimum Gasteiger partial charge on any atom is -0.366 e. The molecule has 1 atom stereocenters. The van der Waals surface area contributed by atoms with E-state index in [1.165, 1.54) is 18.3 Å². The molecule has 5 nitrogen and oxygen atoms in total. The zero-order valence-electron chi connectivity index (χ0n) is 10.6. The molecule has 1 aromatic carbocycles. The largest absolute Gasteiger partial charge is 0.366 e. The molecule has 19 heavy (non-hydrogen) atoms. The summed E-state index contributed by atoms with van der Waals surface area (Å²) in [4.78, 5) is 8.23. The van der Waals surface area contributed by atoms with Crippen molar-refractivity contribution in [3.63, 3.8) is 0 Å². The Balaban J connectivity index is 1.96. The fraction of sp³-hybridized carbons (Fsp3) is 0.231. The summed E-state index contributed by atoms with van der Waals surface area (Å²) in [7, 11) is 0. The van der Waals surface area contributed by atoms with Gasteiger partial charge in [0.2, 0.25) is 0 Å². The van der Waals surface area contributed by atoms with Gasteiger partial charge in [0.05, 0.1) is 12.4 Å². The number of nitrogens with one attached hydrogen (secondary N) is 2. The van der Waals surface area contributed by atoms with Crippen LogP contribution >= 0.6 is 0 Å². The Morgan fingerprint density at radius 2 is 1.89 bits per heavy atom. The van der Waals surface area contributed by atoms with Crippen molar-refractivity contribution >= 4 is 11.6 Å². The van der Waals surface area contributed by atoms with Crippen molar-refractivity contribution in [2.75, 3.05) is 10.7 Å². The molecule has 0 aliphatic rings. The Hall–Kier alpha value is -2.21. The number of anilines is 2. The van der Waals surface area contributed by atoms with E-state index >= 15 is 0 Å². The van der Waals surface area contributed by atoms with Crippen molar-refractivity contribution in [2.45, 2.75) is 19.4 Å². The van der Waals surface area contributed by atoms with Gasteiger partial charge in [0.15, 0.2) is 5.82 Å². The van der Waals surface area contributed by atoms with Crippen LogP contribution in [0.15, 0.2) is 36.7 Å². The van der Waals surface area contributed by atoms with Gasteiger partial charge < -0.3 is 10.7 Å². The maximum absolute atomic E-state index is 12.8.